The minimum Gasteiger partial charge on any atom is -0.325 e. The molecule has 11 heavy (non-hydrogen) atoms. The molecule has 62 valence electrons. The van der Waals surface area contributed by atoms with Crippen LogP contribution in [0.1, 0.15) is 6.42 Å². The summed E-state index contributed by atoms with van der Waals surface area (Å²) < 4.78 is 0. The molecule has 0 aromatic carbocycles. The molecule has 2 amide bonds. The maximum atomic E-state index is 10.8. The van der Waals surface area contributed by atoms with Crippen LogP contribution in [0.5, 0.6) is 0 Å². The van der Waals surface area contributed by atoms with Crippen molar-refractivity contribution < 1.29 is 9.63 Å². The Morgan fingerprint density at radius 3 is 2.91 bits per heavy atom. The van der Waals surface area contributed by atoms with Gasteiger partial charge >= 0.3 is 6.03 Å². The predicted molar refractivity (Wildman–Crippen MR) is 38.4 cm³/mol. The largest absolute Gasteiger partial charge is 0.341 e. The molecule has 1 N–H and O–H groups in total. The first-order valence-corrected chi connectivity index (χ1v) is 3.13. The fourth-order valence-corrected chi connectivity index (χ4v) is 0.484. The molecule has 0 rings (SSSR count). The lowest BCUT2D eigenvalue weighted by Crippen LogP contribution is -2.36. The van der Waals surface area contributed by atoms with Gasteiger partial charge in [-0.05, 0) is 0 Å². The molecule has 0 bridgehead atoms. The zero-order valence-corrected chi connectivity index (χ0v) is 6.63. The molecule has 0 atom stereocenters. The van der Waals surface area contributed by atoms with E-state index in [1.54, 1.807) is 7.05 Å². The molecule has 0 aliphatic heterocycles. The van der Waals surface area contributed by atoms with Crippen molar-refractivity contribution in [2.24, 2.45) is 0 Å². The third-order valence-electron chi connectivity index (χ3n) is 1.10. The van der Waals surface area contributed by atoms with E-state index in [9.17, 15) is 4.79 Å². The molecular formula is C6H11N3O2. The summed E-state index contributed by atoms with van der Waals surface area (Å²) in [5, 5.41) is 8.19. The number of hydroxylamine groups is 1. The highest BCUT2D eigenvalue weighted by molar-refractivity contribution is 5.72. The summed E-state index contributed by atoms with van der Waals surface area (Å²) in [5.74, 6) is 0. The van der Waals surface area contributed by atoms with Crippen molar-refractivity contribution in [1.82, 2.24) is 10.4 Å². The molecule has 0 aromatic heterocycles. The van der Waals surface area contributed by atoms with Gasteiger partial charge in [0.15, 0.2) is 0 Å². The summed E-state index contributed by atoms with van der Waals surface area (Å²) in [6, 6.07) is 1.59. The zero-order valence-electron chi connectivity index (χ0n) is 6.63. The van der Waals surface area contributed by atoms with Crippen LogP contribution in [-0.2, 0) is 4.84 Å². The second kappa shape index (κ2) is 5.50. The summed E-state index contributed by atoms with van der Waals surface area (Å²) in [4.78, 5) is 16.6. The molecule has 0 aromatic rings. The van der Waals surface area contributed by atoms with Crippen LogP contribution >= 0.6 is 0 Å². The van der Waals surface area contributed by atoms with Gasteiger partial charge in [0.2, 0.25) is 0 Å². The van der Waals surface area contributed by atoms with Crippen molar-refractivity contribution in [2.45, 2.75) is 6.42 Å². The Bertz CT molecular complexity index is 164. The van der Waals surface area contributed by atoms with E-state index >= 15 is 0 Å². The summed E-state index contributed by atoms with van der Waals surface area (Å²) in [6.07, 6.45) is 0.327. The molecule has 0 aliphatic carbocycles. The van der Waals surface area contributed by atoms with Crippen LogP contribution in [0.25, 0.3) is 0 Å². The number of nitriles is 1. The molecule has 0 fully saturated rings. The number of hydrogen-bond donors (Lipinski definition) is 1. The lowest BCUT2D eigenvalue weighted by atomic mass is 10.4. The summed E-state index contributed by atoms with van der Waals surface area (Å²) in [5.41, 5.74) is 2.13. The first-order valence-electron chi connectivity index (χ1n) is 3.13. The second-order valence-corrected chi connectivity index (χ2v) is 1.94. The molecular weight excluding hydrogens is 146 g/mol. The van der Waals surface area contributed by atoms with Gasteiger partial charge in [0, 0.05) is 13.6 Å². The number of hydrogen-bond acceptors (Lipinski definition) is 3. The number of urea groups is 1. The highest BCUT2D eigenvalue weighted by atomic mass is 16.6. The molecule has 5 heteroatoms. The van der Waals surface area contributed by atoms with E-state index in [2.05, 4.69) is 10.3 Å². The second-order valence-electron chi connectivity index (χ2n) is 1.94. The number of carbonyl (C=O) groups is 1. The minimum atomic E-state index is -0.345. The Labute approximate surface area is 65.5 Å². The molecule has 0 spiro atoms. The number of amides is 2. The van der Waals surface area contributed by atoms with Crippen molar-refractivity contribution in [3.63, 3.8) is 0 Å². The summed E-state index contributed by atoms with van der Waals surface area (Å²) in [7, 11) is 2.95. The maximum Gasteiger partial charge on any atom is 0.341 e. The predicted octanol–water partition coefficient (Wildman–Crippen LogP) is 0.103. The third-order valence-corrected chi connectivity index (χ3v) is 1.10. The van der Waals surface area contributed by atoms with Crippen LogP contribution in [0.3, 0.4) is 0 Å². The Hall–Kier alpha value is -1.28. The first kappa shape index (κ1) is 9.72. The smallest absolute Gasteiger partial charge is 0.325 e. The summed E-state index contributed by atoms with van der Waals surface area (Å²) in [6.45, 7) is 0.408. The van der Waals surface area contributed by atoms with E-state index in [4.69, 9.17) is 5.26 Å². The van der Waals surface area contributed by atoms with Crippen LogP contribution in [0.2, 0.25) is 0 Å². The van der Waals surface area contributed by atoms with E-state index in [1.807, 2.05) is 6.07 Å². The fraction of sp³-hybridized carbons (Fsp3) is 0.667. The number of carbonyl (C=O) groups excluding carboxylic acids is 1. The average Bonchev–Trinajstić information content (AvgIpc) is 2.00. The number of rotatable bonds is 3. The van der Waals surface area contributed by atoms with Gasteiger partial charge in [0.1, 0.15) is 0 Å². The summed E-state index contributed by atoms with van der Waals surface area (Å²) >= 11 is 0. The van der Waals surface area contributed by atoms with Crippen LogP contribution in [0.15, 0.2) is 0 Å². The van der Waals surface area contributed by atoms with Crippen molar-refractivity contribution in [3.05, 3.63) is 0 Å². The lowest BCUT2D eigenvalue weighted by molar-refractivity contribution is 0.0913. The van der Waals surface area contributed by atoms with Crippen LogP contribution in [0.4, 0.5) is 4.79 Å². The van der Waals surface area contributed by atoms with Gasteiger partial charge in [-0.3, -0.25) is 4.84 Å². The first-order chi connectivity index (χ1) is 5.22. The van der Waals surface area contributed by atoms with Gasteiger partial charge in [0.05, 0.1) is 19.6 Å². The Morgan fingerprint density at radius 1 is 1.82 bits per heavy atom. The highest BCUT2D eigenvalue weighted by Gasteiger charge is 2.05. The number of nitrogens with one attached hydrogen (secondary N) is 1. The third kappa shape index (κ3) is 4.17. The molecule has 0 heterocycles. The average molecular weight is 157 g/mol. The van der Waals surface area contributed by atoms with Gasteiger partial charge in [-0.1, -0.05) is 0 Å². The van der Waals surface area contributed by atoms with Crippen LogP contribution in [0, 0.1) is 11.3 Å². The van der Waals surface area contributed by atoms with Crippen molar-refractivity contribution >= 4 is 6.03 Å². The Morgan fingerprint density at radius 2 is 2.45 bits per heavy atom. The van der Waals surface area contributed by atoms with E-state index in [1.165, 1.54) is 12.0 Å². The minimum absolute atomic E-state index is 0.327. The zero-order chi connectivity index (χ0) is 8.69. The van der Waals surface area contributed by atoms with Crippen molar-refractivity contribution in [3.8, 4) is 6.07 Å². The van der Waals surface area contributed by atoms with E-state index in [-0.39, 0.29) is 6.03 Å². The van der Waals surface area contributed by atoms with Gasteiger partial charge in [-0.25, -0.2) is 10.3 Å². The molecule has 0 saturated carbocycles. The van der Waals surface area contributed by atoms with Crippen LogP contribution in [-0.4, -0.2) is 31.6 Å². The molecule has 0 aliphatic rings. The quantitative estimate of drug-likeness (QED) is 0.591. The highest BCUT2D eigenvalue weighted by Crippen LogP contribution is 1.86. The number of nitrogens with zero attached hydrogens (tertiary/aromatic N) is 2. The maximum absolute atomic E-state index is 10.8. The van der Waals surface area contributed by atoms with Crippen molar-refractivity contribution in [1.29, 1.82) is 5.26 Å². The molecule has 0 unspecified atom stereocenters. The Kier molecular flexibility index (Phi) is 4.86. The van der Waals surface area contributed by atoms with E-state index in [0.717, 1.165) is 0 Å². The van der Waals surface area contributed by atoms with Crippen molar-refractivity contribution in [2.75, 3.05) is 20.7 Å². The normalized spacial score (nSPS) is 8.45. The monoisotopic (exact) mass is 157 g/mol. The SMILES string of the molecule is CONC(=O)N(C)CCC#N. The molecule has 0 saturated heterocycles. The lowest BCUT2D eigenvalue weighted by Gasteiger charge is -2.14. The topological polar surface area (TPSA) is 65.4 Å². The van der Waals surface area contributed by atoms with E-state index < -0.39 is 0 Å². The van der Waals surface area contributed by atoms with Crippen LogP contribution < -0.4 is 5.48 Å². The fourth-order valence-electron chi connectivity index (χ4n) is 0.484. The van der Waals surface area contributed by atoms with Gasteiger partial charge in [-0.2, -0.15) is 5.26 Å². The molecule has 0 radical (unpaired) electrons. The molecule has 5 nitrogen and oxygen atoms in total. The van der Waals surface area contributed by atoms with Gasteiger partial charge in [0.25, 0.3) is 0 Å². The van der Waals surface area contributed by atoms with Gasteiger partial charge in [-0.15, -0.1) is 0 Å². The Balaban J connectivity index is 3.57. The van der Waals surface area contributed by atoms with Gasteiger partial charge < -0.3 is 4.90 Å². The standard InChI is InChI=1S/C6H11N3O2/c1-9(5-3-4-7)6(10)8-11-2/h3,5H2,1-2H3,(H,8,10). The van der Waals surface area contributed by atoms with E-state index in [0.29, 0.717) is 13.0 Å².